The van der Waals surface area contributed by atoms with E-state index in [2.05, 4.69) is 0 Å². The summed E-state index contributed by atoms with van der Waals surface area (Å²) >= 11 is 0. The predicted molar refractivity (Wildman–Crippen MR) is 89.5 cm³/mol. The van der Waals surface area contributed by atoms with Crippen LogP contribution in [0.5, 0.6) is 5.75 Å². The molecule has 0 aliphatic rings. The molecular weight excluding hydrogens is 332 g/mol. The first-order valence-electron chi connectivity index (χ1n) is 7.11. The van der Waals surface area contributed by atoms with Crippen molar-refractivity contribution in [2.45, 2.75) is 18.4 Å². The summed E-state index contributed by atoms with van der Waals surface area (Å²) in [6.45, 7) is 1.84. The van der Waals surface area contributed by atoms with Crippen molar-refractivity contribution >= 4 is 15.7 Å². The lowest BCUT2D eigenvalue weighted by Crippen LogP contribution is -2.22. The summed E-state index contributed by atoms with van der Waals surface area (Å²) in [6, 6.07) is 10.9. The Morgan fingerprint density at radius 1 is 1.17 bits per heavy atom. The molecule has 0 aliphatic carbocycles. The van der Waals surface area contributed by atoms with E-state index in [1.54, 1.807) is 31.2 Å². The van der Waals surface area contributed by atoms with Gasteiger partial charge in [-0.3, -0.25) is 10.1 Å². The SMILES string of the molecule is Cc1ccc([N+](=O)[O-])c(OCc2cccc(S(=O)(=O)N(C)C)c2)c1. The monoisotopic (exact) mass is 350 g/mol. The number of ether oxygens (including phenoxy) is 1. The highest BCUT2D eigenvalue weighted by atomic mass is 32.2. The van der Waals surface area contributed by atoms with Gasteiger partial charge in [-0.25, -0.2) is 12.7 Å². The normalized spacial score (nSPS) is 11.5. The van der Waals surface area contributed by atoms with Gasteiger partial charge < -0.3 is 4.74 Å². The van der Waals surface area contributed by atoms with Gasteiger partial charge in [0.25, 0.3) is 0 Å². The lowest BCUT2D eigenvalue weighted by molar-refractivity contribution is -0.386. The zero-order valence-electron chi connectivity index (χ0n) is 13.6. The molecule has 0 radical (unpaired) electrons. The molecular formula is C16H18N2O5S. The van der Waals surface area contributed by atoms with Gasteiger partial charge in [-0.1, -0.05) is 18.2 Å². The van der Waals surface area contributed by atoms with Crippen LogP contribution in [0.25, 0.3) is 0 Å². The number of nitrogens with zero attached hydrogens (tertiary/aromatic N) is 2. The Morgan fingerprint density at radius 3 is 2.50 bits per heavy atom. The van der Waals surface area contributed by atoms with Crippen molar-refractivity contribution < 1.29 is 18.1 Å². The molecule has 0 saturated carbocycles. The number of rotatable bonds is 6. The molecule has 0 aliphatic heterocycles. The van der Waals surface area contributed by atoms with E-state index in [1.165, 1.54) is 32.3 Å². The first kappa shape index (κ1) is 17.9. The quantitative estimate of drug-likeness (QED) is 0.590. The van der Waals surface area contributed by atoms with E-state index in [0.717, 1.165) is 9.87 Å². The highest BCUT2D eigenvalue weighted by Gasteiger charge is 2.18. The van der Waals surface area contributed by atoms with Gasteiger partial charge in [0.15, 0.2) is 5.75 Å². The number of nitro benzene ring substituents is 1. The standard InChI is InChI=1S/C16H18N2O5S/c1-12-7-8-15(18(19)20)16(9-12)23-11-13-5-4-6-14(10-13)24(21,22)17(2)3/h4-10H,11H2,1-3H3. The third-order valence-electron chi connectivity index (χ3n) is 3.38. The number of sulfonamides is 1. The van der Waals surface area contributed by atoms with Crippen LogP contribution < -0.4 is 4.74 Å². The average Bonchev–Trinajstić information content (AvgIpc) is 2.52. The highest BCUT2D eigenvalue weighted by Crippen LogP contribution is 2.28. The Balaban J connectivity index is 2.25. The Morgan fingerprint density at radius 2 is 1.88 bits per heavy atom. The molecule has 0 spiro atoms. The lowest BCUT2D eigenvalue weighted by atomic mass is 10.2. The van der Waals surface area contributed by atoms with Crippen LogP contribution in [0.2, 0.25) is 0 Å². The molecule has 0 amide bonds. The summed E-state index contributed by atoms with van der Waals surface area (Å²) in [5.41, 5.74) is 1.31. The maximum atomic E-state index is 12.1. The van der Waals surface area contributed by atoms with Gasteiger partial charge in [-0.2, -0.15) is 0 Å². The molecule has 2 aromatic rings. The van der Waals surface area contributed by atoms with Crippen LogP contribution >= 0.6 is 0 Å². The second kappa shape index (κ2) is 6.98. The second-order valence-electron chi connectivity index (χ2n) is 5.45. The largest absolute Gasteiger partial charge is 0.482 e. The lowest BCUT2D eigenvalue weighted by Gasteiger charge is -2.13. The van der Waals surface area contributed by atoms with E-state index in [0.29, 0.717) is 5.56 Å². The second-order valence-corrected chi connectivity index (χ2v) is 7.60. The fourth-order valence-electron chi connectivity index (χ4n) is 2.06. The predicted octanol–water partition coefficient (Wildman–Crippen LogP) is 2.73. The summed E-state index contributed by atoms with van der Waals surface area (Å²) in [7, 11) is -0.635. The van der Waals surface area contributed by atoms with Crippen molar-refractivity contribution in [3.8, 4) is 5.75 Å². The van der Waals surface area contributed by atoms with Crippen LogP contribution in [-0.4, -0.2) is 31.7 Å². The summed E-state index contributed by atoms with van der Waals surface area (Å²) in [6.07, 6.45) is 0. The van der Waals surface area contributed by atoms with Crippen molar-refractivity contribution in [2.75, 3.05) is 14.1 Å². The first-order valence-corrected chi connectivity index (χ1v) is 8.55. The van der Waals surface area contributed by atoms with Gasteiger partial charge in [0.05, 0.1) is 9.82 Å². The summed E-state index contributed by atoms with van der Waals surface area (Å²) < 4.78 is 31.0. The number of nitro groups is 1. The smallest absolute Gasteiger partial charge is 0.310 e. The topological polar surface area (TPSA) is 89.7 Å². The molecule has 0 unspecified atom stereocenters. The number of hydrogen-bond acceptors (Lipinski definition) is 5. The van der Waals surface area contributed by atoms with E-state index in [1.807, 2.05) is 0 Å². The molecule has 2 rings (SSSR count). The van der Waals surface area contributed by atoms with Gasteiger partial charge in [-0.05, 0) is 36.2 Å². The summed E-state index contributed by atoms with van der Waals surface area (Å²) in [4.78, 5) is 10.7. The minimum absolute atomic E-state index is 0.0289. The van der Waals surface area contributed by atoms with Gasteiger partial charge in [0.2, 0.25) is 10.0 Å². The van der Waals surface area contributed by atoms with Crippen molar-refractivity contribution in [2.24, 2.45) is 0 Å². The van der Waals surface area contributed by atoms with Crippen molar-refractivity contribution in [3.05, 3.63) is 63.7 Å². The maximum Gasteiger partial charge on any atom is 0.310 e. The Bertz CT molecular complexity index is 863. The molecule has 8 heteroatoms. The summed E-state index contributed by atoms with van der Waals surface area (Å²) in [5, 5.41) is 11.0. The third kappa shape index (κ3) is 3.90. The highest BCUT2D eigenvalue weighted by molar-refractivity contribution is 7.89. The Kier molecular flexibility index (Phi) is 5.20. The molecule has 0 aromatic heterocycles. The molecule has 0 bridgehead atoms. The van der Waals surface area contributed by atoms with E-state index < -0.39 is 14.9 Å². The van der Waals surface area contributed by atoms with Gasteiger partial charge in [0, 0.05) is 20.2 Å². The van der Waals surface area contributed by atoms with Gasteiger partial charge >= 0.3 is 5.69 Å². The fraction of sp³-hybridized carbons (Fsp3) is 0.250. The third-order valence-corrected chi connectivity index (χ3v) is 5.19. The van der Waals surface area contributed by atoms with Crippen molar-refractivity contribution in [1.82, 2.24) is 4.31 Å². The summed E-state index contributed by atoms with van der Waals surface area (Å²) in [5.74, 6) is 0.154. The van der Waals surface area contributed by atoms with Crippen LogP contribution in [-0.2, 0) is 16.6 Å². The minimum atomic E-state index is -3.54. The average molecular weight is 350 g/mol. The van der Waals surface area contributed by atoms with Crippen LogP contribution in [0.4, 0.5) is 5.69 Å². The first-order chi connectivity index (χ1) is 11.2. The van der Waals surface area contributed by atoms with E-state index in [-0.39, 0.29) is 22.9 Å². The van der Waals surface area contributed by atoms with Gasteiger partial charge in [0.1, 0.15) is 6.61 Å². The van der Waals surface area contributed by atoms with Crippen molar-refractivity contribution in [1.29, 1.82) is 0 Å². The molecule has 24 heavy (non-hydrogen) atoms. The van der Waals surface area contributed by atoms with E-state index in [4.69, 9.17) is 4.74 Å². The van der Waals surface area contributed by atoms with Crippen LogP contribution in [0, 0.1) is 17.0 Å². The molecule has 0 saturated heterocycles. The zero-order chi connectivity index (χ0) is 17.9. The Hall–Kier alpha value is -2.45. The molecule has 2 aromatic carbocycles. The van der Waals surface area contributed by atoms with E-state index in [9.17, 15) is 18.5 Å². The van der Waals surface area contributed by atoms with Crippen LogP contribution in [0.15, 0.2) is 47.4 Å². The van der Waals surface area contributed by atoms with Crippen LogP contribution in [0.1, 0.15) is 11.1 Å². The fourth-order valence-corrected chi connectivity index (χ4v) is 3.03. The minimum Gasteiger partial charge on any atom is -0.482 e. The number of benzene rings is 2. The zero-order valence-corrected chi connectivity index (χ0v) is 14.4. The molecule has 7 nitrogen and oxygen atoms in total. The molecule has 128 valence electrons. The van der Waals surface area contributed by atoms with Crippen molar-refractivity contribution in [3.63, 3.8) is 0 Å². The van der Waals surface area contributed by atoms with Gasteiger partial charge in [-0.15, -0.1) is 0 Å². The maximum absolute atomic E-state index is 12.1. The molecule has 0 heterocycles. The van der Waals surface area contributed by atoms with E-state index >= 15 is 0 Å². The molecule has 0 fully saturated rings. The molecule has 0 N–H and O–H groups in total. The number of hydrogen-bond donors (Lipinski definition) is 0. The van der Waals surface area contributed by atoms with Crippen LogP contribution in [0.3, 0.4) is 0 Å². The Labute approximate surface area is 140 Å². The molecule has 0 atom stereocenters. The number of aryl methyl sites for hydroxylation is 1.